The third-order valence-electron chi connectivity index (χ3n) is 7.18. The Hall–Kier alpha value is -4.71. The number of para-hydroxylation sites is 1. The van der Waals surface area contributed by atoms with Crippen LogP contribution in [0.15, 0.2) is 60.8 Å². The number of carbonyl (C=O) groups excluding carboxylic acids is 4. The third-order valence-corrected chi connectivity index (χ3v) is 7.18. The molecule has 4 amide bonds. The number of H-pyrrole nitrogens is 1. The molecule has 9 N–H and O–H groups in total. The Labute approximate surface area is 243 Å². The first-order valence-corrected chi connectivity index (χ1v) is 13.8. The molecule has 12 heteroatoms. The van der Waals surface area contributed by atoms with Crippen molar-refractivity contribution in [3.05, 3.63) is 71.9 Å². The van der Waals surface area contributed by atoms with Crippen LogP contribution in [0.1, 0.15) is 37.8 Å². The molecule has 0 spiro atoms. The second-order valence-electron chi connectivity index (χ2n) is 10.4. The molecule has 12 nitrogen and oxygen atoms in total. The highest BCUT2D eigenvalue weighted by Gasteiger charge is 2.33. The van der Waals surface area contributed by atoms with E-state index in [4.69, 9.17) is 11.5 Å². The van der Waals surface area contributed by atoms with Gasteiger partial charge in [0.2, 0.25) is 23.6 Å². The lowest BCUT2D eigenvalue weighted by Crippen LogP contribution is -2.59. The van der Waals surface area contributed by atoms with Crippen LogP contribution in [-0.2, 0) is 36.8 Å². The van der Waals surface area contributed by atoms with E-state index >= 15 is 0 Å². The summed E-state index contributed by atoms with van der Waals surface area (Å²) in [6.07, 6.45) is 1.90. The summed E-state index contributed by atoms with van der Waals surface area (Å²) in [6.45, 7) is 3.59. The van der Waals surface area contributed by atoms with Crippen LogP contribution >= 0.6 is 0 Å². The molecule has 0 bridgehead atoms. The lowest BCUT2D eigenvalue weighted by Gasteiger charge is -2.28. The van der Waals surface area contributed by atoms with Crippen molar-refractivity contribution < 1.29 is 29.1 Å². The number of carboxylic acid groups (broad SMARTS) is 1. The van der Waals surface area contributed by atoms with Gasteiger partial charge in [-0.15, -0.1) is 0 Å². The fraction of sp³-hybridized carbons (Fsp3) is 0.367. The van der Waals surface area contributed by atoms with Gasteiger partial charge in [0.25, 0.3) is 0 Å². The number of aromatic nitrogens is 1. The summed E-state index contributed by atoms with van der Waals surface area (Å²) in [5.74, 6) is -4.44. The molecular formula is C30H38N6O6. The molecular weight excluding hydrogens is 540 g/mol. The molecule has 224 valence electrons. The Bertz CT molecular complexity index is 1410. The summed E-state index contributed by atoms with van der Waals surface area (Å²) in [6, 6.07) is 11.6. The number of aliphatic carboxylic acids is 1. The van der Waals surface area contributed by atoms with Crippen LogP contribution in [0.5, 0.6) is 0 Å². The van der Waals surface area contributed by atoms with E-state index in [1.807, 2.05) is 31.2 Å². The van der Waals surface area contributed by atoms with Crippen LogP contribution < -0.4 is 27.4 Å². The second-order valence-corrected chi connectivity index (χ2v) is 10.4. The topological polar surface area (TPSA) is 209 Å². The first-order valence-electron chi connectivity index (χ1n) is 13.8. The maximum Gasteiger partial charge on any atom is 0.326 e. The zero-order chi connectivity index (χ0) is 30.8. The number of fused-ring (bicyclic) bond motifs is 1. The SMILES string of the molecule is CCC(C)C(NC(=O)C(Cc1ccccc1)NC(=O)C(N)CC(N)=O)C(=O)NC(Cc1c[nH]c2ccccc12)C(=O)O. The van der Waals surface area contributed by atoms with E-state index in [9.17, 15) is 29.1 Å². The smallest absolute Gasteiger partial charge is 0.326 e. The lowest BCUT2D eigenvalue weighted by molar-refractivity contribution is -0.142. The number of hydrogen-bond donors (Lipinski definition) is 7. The minimum Gasteiger partial charge on any atom is -0.480 e. The van der Waals surface area contributed by atoms with Crippen molar-refractivity contribution in [3.8, 4) is 0 Å². The van der Waals surface area contributed by atoms with E-state index in [0.717, 1.165) is 22.0 Å². The molecule has 0 fully saturated rings. The van der Waals surface area contributed by atoms with Gasteiger partial charge in [0.05, 0.1) is 12.5 Å². The van der Waals surface area contributed by atoms with E-state index in [1.165, 1.54) is 0 Å². The van der Waals surface area contributed by atoms with E-state index in [-0.39, 0.29) is 18.8 Å². The van der Waals surface area contributed by atoms with Crippen LogP contribution in [0.4, 0.5) is 0 Å². The number of benzene rings is 2. The summed E-state index contributed by atoms with van der Waals surface area (Å²) >= 11 is 0. The fourth-order valence-electron chi connectivity index (χ4n) is 4.59. The molecule has 1 heterocycles. The molecule has 0 aliphatic carbocycles. The second kappa shape index (κ2) is 14.8. The van der Waals surface area contributed by atoms with Gasteiger partial charge in [0.15, 0.2) is 0 Å². The van der Waals surface area contributed by atoms with Gasteiger partial charge in [-0.25, -0.2) is 4.79 Å². The Balaban J connectivity index is 1.79. The highest BCUT2D eigenvalue weighted by molar-refractivity contribution is 5.95. The molecule has 3 rings (SSSR count). The molecule has 3 aromatic rings. The molecule has 2 aromatic carbocycles. The molecule has 0 saturated heterocycles. The van der Waals surface area contributed by atoms with Crippen molar-refractivity contribution in [2.24, 2.45) is 17.4 Å². The van der Waals surface area contributed by atoms with Gasteiger partial charge in [0.1, 0.15) is 18.1 Å². The van der Waals surface area contributed by atoms with Crippen LogP contribution in [0, 0.1) is 5.92 Å². The van der Waals surface area contributed by atoms with Crippen molar-refractivity contribution in [3.63, 3.8) is 0 Å². The number of rotatable bonds is 15. The molecule has 0 aliphatic rings. The van der Waals surface area contributed by atoms with Crippen molar-refractivity contribution in [2.45, 2.75) is 63.7 Å². The Morgan fingerprint density at radius 3 is 2.14 bits per heavy atom. The van der Waals surface area contributed by atoms with Gasteiger partial charge in [0, 0.05) is 29.9 Å². The highest BCUT2D eigenvalue weighted by atomic mass is 16.4. The summed E-state index contributed by atoms with van der Waals surface area (Å²) in [7, 11) is 0. The molecule has 0 radical (unpaired) electrons. The van der Waals surface area contributed by atoms with Crippen LogP contribution in [0.3, 0.4) is 0 Å². The fourth-order valence-corrected chi connectivity index (χ4v) is 4.59. The van der Waals surface area contributed by atoms with Crippen molar-refractivity contribution in [1.29, 1.82) is 0 Å². The minimum atomic E-state index is -1.26. The number of nitrogens with two attached hydrogens (primary N) is 2. The summed E-state index contributed by atoms with van der Waals surface area (Å²) in [5.41, 5.74) is 13.2. The predicted octanol–water partition coefficient (Wildman–Crippen LogP) is 0.741. The van der Waals surface area contributed by atoms with Crippen LogP contribution in [0.25, 0.3) is 10.9 Å². The quantitative estimate of drug-likeness (QED) is 0.137. The highest BCUT2D eigenvalue weighted by Crippen LogP contribution is 2.19. The predicted molar refractivity (Wildman–Crippen MR) is 157 cm³/mol. The number of hydrogen-bond acceptors (Lipinski definition) is 6. The van der Waals surface area contributed by atoms with Crippen LogP contribution in [-0.4, -0.2) is 63.9 Å². The monoisotopic (exact) mass is 578 g/mol. The summed E-state index contributed by atoms with van der Waals surface area (Å²) in [4.78, 5) is 66.2. The first-order chi connectivity index (χ1) is 20.0. The average molecular weight is 579 g/mol. The standard InChI is InChI=1S/C30H38N6O6/c1-3-17(2)26(29(40)35-24(30(41)42)14-19-16-33-22-12-8-7-11-20(19)22)36-28(39)23(13-18-9-5-4-6-10-18)34-27(38)21(31)15-25(32)37/h4-12,16-17,21,23-24,26,33H,3,13-15,31H2,1-2H3,(H2,32,37)(H,34,38)(H,35,40)(H,36,39)(H,41,42). The molecule has 0 saturated carbocycles. The van der Waals surface area contributed by atoms with Crippen molar-refractivity contribution in [1.82, 2.24) is 20.9 Å². The average Bonchev–Trinajstić information content (AvgIpc) is 3.37. The van der Waals surface area contributed by atoms with Gasteiger partial charge in [-0.05, 0) is 23.1 Å². The van der Waals surface area contributed by atoms with Gasteiger partial charge in [-0.2, -0.15) is 0 Å². The maximum atomic E-state index is 13.5. The van der Waals surface area contributed by atoms with Gasteiger partial charge >= 0.3 is 5.97 Å². The Morgan fingerprint density at radius 2 is 1.50 bits per heavy atom. The normalized spacial score (nSPS) is 14.6. The number of primary amides is 1. The Kier molecular flexibility index (Phi) is 11.2. The van der Waals surface area contributed by atoms with Gasteiger partial charge in [-0.1, -0.05) is 68.8 Å². The van der Waals surface area contributed by atoms with E-state index in [0.29, 0.717) is 6.42 Å². The van der Waals surface area contributed by atoms with Crippen molar-refractivity contribution in [2.75, 3.05) is 0 Å². The minimum absolute atomic E-state index is 0.0245. The van der Waals surface area contributed by atoms with Crippen molar-refractivity contribution >= 4 is 40.5 Å². The number of carbonyl (C=O) groups is 5. The number of amides is 4. The molecule has 0 aliphatic heterocycles. The van der Waals surface area contributed by atoms with E-state index < -0.39 is 60.2 Å². The first kappa shape index (κ1) is 31.8. The number of nitrogens with one attached hydrogen (secondary N) is 4. The number of aromatic amines is 1. The molecule has 42 heavy (non-hydrogen) atoms. The Morgan fingerprint density at radius 1 is 0.857 bits per heavy atom. The molecule has 5 atom stereocenters. The molecule has 5 unspecified atom stereocenters. The lowest BCUT2D eigenvalue weighted by atomic mass is 9.96. The largest absolute Gasteiger partial charge is 0.480 e. The summed E-state index contributed by atoms with van der Waals surface area (Å²) in [5, 5.41) is 18.6. The van der Waals surface area contributed by atoms with E-state index in [1.54, 1.807) is 43.5 Å². The summed E-state index contributed by atoms with van der Waals surface area (Å²) < 4.78 is 0. The third kappa shape index (κ3) is 8.64. The van der Waals surface area contributed by atoms with Gasteiger partial charge in [-0.3, -0.25) is 19.2 Å². The number of carboxylic acids is 1. The zero-order valence-electron chi connectivity index (χ0n) is 23.6. The van der Waals surface area contributed by atoms with Crippen LogP contribution in [0.2, 0.25) is 0 Å². The zero-order valence-corrected chi connectivity index (χ0v) is 23.6. The van der Waals surface area contributed by atoms with E-state index in [2.05, 4.69) is 20.9 Å². The maximum absolute atomic E-state index is 13.5. The van der Waals surface area contributed by atoms with Gasteiger partial charge < -0.3 is 37.5 Å². The molecule has 1 aromatic heterocycles.